The van der Waals surface area contributed by atoms with Gasteiger partial charge in [0.25, 0.3) is 0 Å². The number of hydrogen-bond acceptors (Lipinski definition) is 4. The molecule has 1 aromatic carbocycles. The van der Waals surface area contributed by atoms with E-state index in [1.54, 1.807) is 12.6 Å². The lowest BCUT2D eigenvalue weighted by atomic mass is 10.0. The van der Waals surface area contributed by atoms with Gasteiger partial charge >= 0.3 is 0 Å². The van der Waals surface area contributed by atoms with E-state index in [9.17, 15) is 4.79 Å². The van der Waals surface area contributed by atoms with Gasteiger partial charge in [0, 0.05) is 12.1 Å². The molecular formula is C14H20ClNO4. The maximum atomic E-state index is 11.2. The molecule has 1 unspecified atom stereocenters. The van der Waals surface area contributed by atoms with Gasteiger partial charge in [-0.3, -0.25) is 10.0 Å². The summed E-state index contributed by atoms with van der Waals surface area (Å²) < 4.78 is 10.5. The lowest BCUT2D eigenvalue weighted by molar-refractivity contribution is -0.132. The monoisotopic (exact) mass is 301 g/mol. The van der Waals surface area contributed by atoms with E-state index in [4.69, 9.17) is 26.3 Å². The maximum Gasteiger partial charge on any atom is 0.245 e. The van der Waals surface area contributed by atoms with Crippen molar-refractivity contribution < 1.29 is 19.5 Å². The number of aryl methyl sites for hydroxylation is 1. The van der Waals surface area contributed by atoms with Crippen molar-refractivity contribution in [2.75, 3.05) is 20.3 Å². The number of halogens is 1. The molecule has 112 valence electrons. The third-order valence-corrected chi connectivity index (χ3v) is 3.10. The summed E-state index contributed by atoms with van der Waals surface area (Å²) in [5, 5.41) is 9.27. The minimum Gasteiger partial charge on any atom is -0.382 e. The third kappa shape index (κ3) is 6.86. The lowest BCUT2D eigenvalue weighted by Crippen LogP contribution is -2.27. The second-order valence-corrected chi connectivity index (χ2v) is 4.83. The number of nitrogens with one attached hydrogen (secondary N) is 1. The Morgan fingerprint density at radius 1 is 1.35 bits per heavy atom. The number of benzene rings is 1. The number of methoxy groups -OCH3 is 1. The largest absolute Gasteiger partial charge is 0.382 e. The Kier molecular flexibility index (Phi) is 8.22. The number of carbonyl (C=O) groups is 1. The molecule has 2 N–H and O–H groups in total. The van der Waals surface area contributed by atoms with Crippen LogP contribution in [0.15, 0.2) is 24.3 Å². The van der Waals surface area contributed by atoms with E-state index in [0.717, 1.165) is 12.0 Å². The second-order valence-electron chi connectivity index (χ2n) is 4.39. The van der Waals surface area contributed by atoms with Crippen molar-refractivity contribution in [3.63, 3.8) is 0 Å². The number of hydroxylamine groups is 1. The normalized spacial score (nSPS) is 12.2. The van der Waals surface area contributed by atoms with Crippen LogP contribution in [0.25, 0.3) is 0 Å². The molecule has 0 saturated carbocycles. The van der Waals surface area contributed by atoms with Crippen LogP contribution >= 0.6 is 11.6 Å². The molecule has 0 aromatic heterocycles. The van der Waals surface area contributed by atoms with E-state index in [1.165, 1.54) is 0 Å². The van der Waals surface area contributed by atoms with Crippen molar-refractivity contribution in [1.82, 2.24) is 5.48 Å². The predicted octanol–water partition coefficient (Wildman–Crippen LogP) is 2.20. The highest BCUT2D eigenvalue weighted by atomic mass is 35.5. The van der Waals surface area contributed by atoms with Crippen molar-refractivity contribution in [2.45, 2.75) is 25.4 Å². The van der Waals surface area contributed by atoms with Gasteiger partial charge in [0.2, 0.25) is 5.91 Å². The first-order valence-corrected chi connectivity index (χ1v) is 6.81. The predicted molar refractivity (Wildman–Crippen MR) is 75.9 cm³/mol. The highest BCUT2D eigenvalue weighted by molar-refractivity contribution is 6.30. The van der Waals surface area contributed by atoms with Crippen molar-refractivity contribution in [3.8, 4) is 0 Å². The summed E-state index contributed by atoms with van der Waals surface area (Å²) >= 11 is 5.83. The average molecular weight is 302 g/mol. The van der Waals surface area contributed by atoms with Gasteiger partial charge in [-0.15, -0.1) is 0 Å². The van der Waals surface area contributed by atoms with Gasteiger partial charge in [-0.1, -0.05) is 23.7 Å². The zero-order chi connectivity index (χ0) is 14.8. The standard InChI is InChI=1S/C14H20ClNO4/c1-19-8-9-20-13(10-14(17)16-18)7-4-11-2-5-12(15)6-3-11/h2-3,5-6,13,18H,4,7-10H2,1H3,(H,16,17). The summed E-state index contributed by atoms with van der Waals surface area (Å²) in [5.41, 5.74) is 2.75. The Balaban J connectivity index is 2.45. The first-order chi connectivity index (χ1) is 9.65. The van der Waals surface area contributed by atoms with Crippen LogP contribution in [0.2, 0.25) is 5.02 Å². The Hall–Kier alpha value is -1.14. The molecule has 0 heterocycles. The van der Waals surface area contributed by atoms with Crippen molar-refractivity contribution in [2.24, 2.45) is 0 Å². The van der Waals surface area contributed by atoms with Gasteiger partial charge in [-0.05, 0) is 30.5 Å². The molecule has 0 aliphatic rings. The van der Waals surface area contributed by atoms with Crippen molar-refractivity contribution in [1.29, 1.82) is 0 Å². The van der Waals surface area contributed by atoms with E-state index >= 15 is 0 Å². The molecule has 0 radical (unpaired) electrons. The van der Waals surface area contributed by atoms with Crippen LogP contribution in [0, 0.1) is 0 Å². The van der Waals surface area contributed by atoms with E-state index < -0.39 is 5.91 Å². The summed E-state index contributed by atoms with van der Waals surface area (Å²) in [5.74, 6) is -0.455. The summed E-state index contributed by atoms with van der Waals surface area (Å²) in [6.07, 6.45) is 1.31. The topological polar surface area (TPSA) is 67.8 Å². The van der Waals surface area contributed by atoms with Crippen LogP contribution in [0.1, 0.15) is 18.4 Å². The zero-order valence-electron chi connectivity index (χ0n) is 11.5. The quantitative estimate of drug-likeness (QED) is 0.417. The van der Waals surface area contributed by atoms with E-state index in [-0.39, 0.29) is 12.5 Å². The maximum absolute atomic E-state index is 11.2. The molecule has 0 aliphatic carbocycles. The highest BCUT2D eigenvalue weighted by Crippen LogP contribution is 2.14. The molecular weight excluding hydrogens is 282 g/mol. The van der Waals surface area contributed by atoms with E-state index in [0.29, 0.717) is 24.7 Å². The summed E-state index contributed by atoms with van der Waals surface area (Å²) in [6.45, 7) is 0.888. The Morgan fingerprint density at radius 3 is 2.65 bits per heavy atom. The second kappa shape index (κ2) is 9.72. The SMILES string of the molecule is COCCOC(CCc1ccc(Cl)cc1)CC(=O)NO. The highest BCUT2D eigenvalue weighted by Gasteiger charge is 2.14. The van der Waals surface area contributed by atoms with Crippen LogP contribution in [0.5, 0.6) is 0 Å². The Morgan fingerprint density at radius 2 is 2.05 bits per heavy atom. The third-order valence-electron chi connectivity index (χ3n) is 2.85. The van der Waals surface area contributed by atoms with Gasteiger partial charge in [-0.25, -0.2) is 5.48 Å². The first-order valence-electron chi connectivity index (χ1n) is 6.43. The lowest BCUT2D eigenvalue weighted by Gasteiger charge is -2.17. The molecule has 1 amide bonds. The summed E-state index contributed by atoms with van der Waals surface area (Å²) in [7, 11) is 1.59. The van der Waals surface area contributed by atoms with Crippen molar-refractivity contribution in [3.05, 3.63) is 34.9 Å². The number of rotatable bonds is 9. The summed E-state index contributed by atoms with van der Waals surface area (Å²) in [4.78, 5) is 11.2. The summed E-state index contributed by atoms with van der Waals surface area (Å²) in [6, 6.07) is 7.55. The molecule has 5 nitrogen and oxygen atoms in total. The fourth-order valence-electron chi connectivity index (χ4n) is 1.77. The van der Waals surface area contributed by atoms with Crippen molar-refractivity contribution >= 4 is 17.5 Å². The molecule has 0 fully saturated rings. The molecule has 6 heteroatoms. The minimum absolute atomic E-state index is 0.119. The fraction of sp³-hybridized carbons (Fsp3) is 0.500. The Bertz CT molecular complexity index is 397. The molecule has 1 atom stereocenters. The van der Waals surface area contributed by atoms with E-state index in [1.807, 2.05) is 24.3 Å². The van der Waals surface area contributed by atoms with Crippen LogP contribution in [0.3, 0.4) is 0 Å². The molecule has 0 saturated heterocycles. The molecule has 0 aliphatic heterocycles. The molecule has 20 heavy (non-hydrogen) atoms. The molecule has 0 bridgehead atoms. The zero-order valence-corrected chi connectivity index (χ0v) is 12.2. The molecule has 0 spiro atoms. The van der Waals surface area contributed by atoms with Gasteiger partial charge in [0.15, 0.2) is 0 Å². The minimum atomic E-state index is -0.455. The smallest absolute Gasteiger partial charge is 0.245 e. The van der Waals surface area contributed by atoms with Gasteiger partial charge in [-0.2, -0.15) is 0 Å². The van der Waals surface area contributed by atoms with Gasteiger partial charge < -0.3 is 9.47 Å². The number of ether oxygens (including phenoxy) is 2. The molecule has 1 aromatic rings. The van der Waals surface area contributed by atoms with Gasteiger partial charge in [0.05, 0.1) is 25.7 Å². The van der Waals surface area contributed by atoms with Crippen LogP contribution in [0.4, 0.5) is 0 Å². The number of amides is 1. The number of hydrogen-bond donors (Lipinski definition) is 2. The first kappa shape index (κ1) is 16.9. The average Bonchev–Trinajstić information content (AvgIpc) is 2.46. The van der Waals surface area contributed by atoms with E-state index in [2.05, 4.69) is 0 Å². The van der Waals surface area contributed by atoms with Crippen LogP contribution < -0.4 is 5.48 Å². The Labute approximate surface area is 123 Å². The van der Waals surface area contributed by atoms with Crippen LogP contribution in [-0.2, 0) is 20.7 Å². The van der Waals surface area contributed by atoms with Crippen LogP contribution in [-0.4, -0.2) is 37.5 Å². The molecule has 1 rings (SSSR count). The fourth-order valence-corrected chi connectivity index (χ4v) is 1.90. The van der Waals surface area contributed by atoms with Gasteiger partial charge in [0.1, 0.15) is 0 Å². The number of carbonyl (C=O) groups excluding carboxylic acids is 1.